The highest BCUT2D eigenvalue weighted by atomic mass is 16.5. The van der Waals surface area contributed by atoms with Crippen molar-refractivity contribution in [3.05, 3.63) is 78.2 Å². The Morgan fingerprint density at radius 2 is 1.81 bits per heavy atom. The van der Waals surface area contributed by atoms with E-state index in [-0.39, 0.29) is 18.4 Å². The Morgan fingerprint density at radius 3 is 2.65 bits per heavy atom. The average Bonchev–Trinajstić information content (AvgIpc) is 3.39. The van der Waals surface area contributed by atoms with Gasteiger partial charge in [-0.2, -0.15) is 4.98 Å². The van der Waals surface area contributed by atoms with Gasteiger partial charge in [0.1, 0.15) is 0 Å². The summed E-state index contributed by atoms with van der Waals surface area (Å²) in [6.07, 6.45) is 0.858. The SMILES string of the molecule is O=C(CCCN1C(=O)c2cccc3cccc1c23)NCc1nc(-c2ccccc2)no1. The Balaban J connectivity index is 1.14. The number of aromatic nitrogens is 2. The molecule has 0 saturated heterocycles. The number of hydrogen-bond donors (Lipinski definition) is 1. The first-order chi connectivity index (χ1) is 15.2. The summed E-state index contributed by atoms with van der Waals surface area (Å²) in [5, 5.41) is 8.79. The molecule has 7 heteroatoms. The zero-order chi connectivity index (χ0) is 21.2. The Morgan fingerprint density at radius 1 is 1.00 bits per heavy atom. The molecule has 1 aromatic heterocycles. The Hall–Kier alpha value is -4.00. The molecule has 4 aromatic rings. The summed E-state index contributed by atoms with van der Waals surface area (Å²) in [4.78, 5) is 31.1. The van der Waals surface area contributed by atoms with Gasteiger partial charge < -0.3 is 14.7 Å². The first-order valence-corrected chi connectivity index (χ1v) is 10.2. The number of carbonyl (C=O) groups is 2. The van der Waals surface area contributed by atoms with Gasteiger partial charge in [-0.25, -0.2) is 0 Å². The minimum absolute atomic E-state index is 0.00786. The van der Waals surface area contributed by atoms with Crippen LogP contribution >= 0.6 is 0 Å². The molecular formula is C24H20N4O3. The molecule has 7 nitrogen and oxygen atoms in total. The van der Waals surface area contributed by atoms with Gasteiger partial charge in [0.25, 0.3) is 5.91 Å². The van der Waals surface area contributed by atoms with Crippen LogP contribution in [0.3, 0.4) is 0 Å². The molecule has 0 unspecified atom stereocenters. The molecule has 1 aliphatic heterocycles. The van der Waals surface area contributed by atoms with Gasteiger partial charge >= 0.3 is 0 Å². The summed E-state index contributed by atoms with van der Waals surface area (Å²) in [7, 11) is 0. The van der Waals surface area contributed by atoms with Gasteiger partial charge in [0.05, 0.1) is 12.2 Å². The van der Waals surface area contributed by atoms with E-state index in [1.807, 2.05) is 66.7 Å². The highest BCUT2D eigenvalue weighted by molar-refractivity contribution is 6.25. The maximum absolute atomic E-state index is 12.8. The molecular weight excluding hydrogens is 392 g/mol. The van der Waals surface area contributed by atoms with Gasteiger partial charge in [0.15, 0.2) is 0 Å². The van der Waals surface area contributed by atoms with E-state index in [9.17, 15) is 9.59 Å². The largest absolute Gasteiger partial charge is 0.347 e. The number of nitrogens with zero attached hydrogens (tertiary/aromatic N) is 3. The third-order valence-electron chi connectivity index (χ3n) is 5.37. The predicted octanol–water partition coefficient (Wildman–Crippen LogP) is 3.95. The quantitative estimate of drug-likeness (QED) is 0.497. The predicted molar refractivity (Wildman–Crippen MR) is 116 cm³/mol. The van der Waals surface area contributed by atoms with Crippen LogP contribution in [0, 0.1) is 0 Å². The van der Waals surface area contributed by atoms with Gasteiger partial charge in [-0.1, -0.05) is 59.8 Å². The van der Waals surface area contributed by atoms with Crippen LogP contribution in [0.1, 0.15) is 29.1 Å². The van der Waals surface area contributed by atoms with Gasteiger partial charge in [-0.3, -0.25) is 9.59 Å². The molecule has 1 aliphatic rings. The summed E-state index contributed by atoms with van der Waals surface area (Å²) < 4.78 is 5.21. The Labute approximate surface area is 178 Å². The molecule has 5 rings (SSSR count). The van der Waals surface area contributed by atoms with Gasteiger partial charge in [0.2, 0.25) is 17.6 Å². The molecule has 2 amide bonds. The third-order valence-corrected chi connectivity index (χ3v) is 5.37. The summed E-state index contributed by atoms with van der Waals surface area (Å²) in [6.45, 7) is 0.658. The molecule has 0 aliphatic carbocycles. The van der Waals surface area contributed by atoms with E-state index in [2.05, 4.69) is 15.5 Å². The standard InChI is InChI=1S/C24H20N4O3/c29-20(25-15-21-26-23(27-31-21)17-7-2-1-3-8-17)13-6-14-28-19-12-5-10-16-9-4-11-18(22(16)19)24(28)30/h1-5,7-12H,6,13-15H2,(H,25,29). The van der Waals surface area contributed by atoms with Crippen LogP contribution in [0.15, 0.2) is 71.3 Å². The second-order valence-electron chi connectivity index (χ2n) is 7.40. The summed E-state index contributed by atoms with van der Waals surface area (Å²) in [6, 6.07) is 21.2. The number of anilines is 1. The van der Waals surface area contributed by atoms with E-state index in [1.54, 1.807) is 4.90 Å². The first-order valence-electron chi connectivity index (χ1n) is 10.2. The molecule has 2 heterocycles. The second-order valence-corrected chi connectivity index (χ2v) is 7.40. The van der Waals surface area contributed by atoms with Gasteiger partial charge in [-0.15, -0.1) is 0 Å². The van der Waals surface area contributed by atoms with E-state index >= 15 is 0 Å². The van der Waals surface area contributed by atoms with Crippen molar-refractivity contribution in [2.45, 2.75) is 19.4 Å². The number of rotatable bonds is 7. The fourth-order valence-corrected chi connectivity index (χ4v) is 3.89. The lowest BCUT2D eigenvalue weighted by molar-refractivity contribution is -0.121. The van der Waals surface area contributed by atoms with Crippen LogP contribution in [-0.4, -0.2) is 28.5 Å². The zero-order valence-corrected chi connectivity index (χ0v) is 16.7. The number of nitrogens with one attached hydrogen (secondary N) is 1. The van der Waals surface area contributed by atoms with Gasteiger partial charge in [0, 0.05) is 29.5 Å². The number of carbonyl (C=O) groups excluding carboxylic acids is 2. The fraction of sp³-hybridized carbons (Fsp3) is 0.167. The van der Waals surface area contributed by atoms with Crippen LogP contribution in [0.25, 0.3) is 22.2 Å². The molecule has 1 N–H and O–H groups in total. The number of amides is 2. The van der Waals surface area contributed by atoms with Crippen molar-refractivity contribution in [3.8, 4) is 11.4 Å². The normalized spacial score (nSPS) is 12.5. The van der Waals surface area contributed by atoms with E-state index < -0.39 is 0 Å². The molecule has 0 fully saturated rings. The van der Waals surface area contributed by atoms with Crippen LogP contribution in [-0.2, 0) is 11.3 Å². The van der Waals surface area contributed by atoms with Crippen molar-refractivity contribution in [1.82, 2.24) is 15.5 Å². The van der Waals surface area contributed by atoms with Crippen molar-refractivity contribution in [1.29, 1.82) is 0 Å². The maximum atomic E-state index is 12.8. The lowest BCUT2D eigenvalue weighted by atomic mass is 10.1. The van der Waals surface area contributed by atoms with Crippen LogP contribution in [0.5, 0.6) is 0 Å². The summed E-state index contributed by atoms with van der Waals surface area (Å²) in [5.41, 5.74) is 2.50. The van der Waals surface area contributed by atoms with Crippen LogP contribution in [0.2, 0.25) is 0 Å². The molecule has 0 atom stereocenters. The molecule has 0 saturated carbocycles. The minimum Gasteiger partial charge on any atom is -0.347 e. The van der Waals surface area contributed by atoms with E-state index in [0.717, 1.165) is 27.6 Å². The number of hydrogen-bond acceptors (Lipinski definition) is 5. The van der Waals surface area contributed by atoms with Crippen LogP contribution < -0.4 is 10.2 Å². The topological polar surface area (TPSA) is 88.3 Å². The van der Waals surface area contributed by atoms with E-state index in [4.69, 9.17) is 4.52 Å². The minimum atomic E-state index is -0.123. The summed E-state index contributed by atoms with van der Waals surface area (Å²) >= 11 is 0. The molecule has 31 heavy (non-hydrogen) atoms. The van der Waals surface area contributed by atoms with Crippen molar-refractivity contribution in [2.24, 2.45) is 0 Å². The molecule has 0 spiro atoms. The lowest BCUT2D eigenvalue weighted by Crippen LogP contribution is -2.29. The highest BCUT2D eigenvalue weighted by Crippen LogP contribution is 2.37. The van der Waals surface area contributed by atoms with Crippen molar-refractivity contribution < 1.29 is 14.1 Å². The first kappa shape index (κ1) is 19.0. The Bertz CT molecular complexity index is 1260. The van der Waals surface area contributed by atoms with E-state index in [0.29, 0.717) is 31.1 Å². The van der Waals surface area contributed by atoms with Crippen molar-refractivity contribution in [2.75, 3.05) is 11.4 Å². The summed E-state index contributed by atoms with van der Waals surface area (Å²) in [5.74, 6) is 0.712. The number of benzene rings is 3. The molecule has 3 aromatic carbocycles. The monoisotopic (exact) mass is 412 g/mol. The average molecular weight is 412 g/mol. The van der Waals surface area contributed by atoms with Crippen LogP contribution in [0.4, 0.5) is 5.69 Å². The zero-order valence-electron chi connectivity index (χ0n) is 16.7. The van der Waals surface area contributed by atoms with Crippen molar-refractivity contribution >= 4 is 28.3 Å². The fourth-order valence-electron chi connectivity index (χ4n) is 3.89. The molecule has 0 bridgehead atoms. The third kappa shape index (κ3) is 3.66. The highest BCUT2D eigenvalue weighted by Gasteiger charge is 2.29. The van der Waals surface area contributed by atoms with Gasteiger partial charge in [-0.05, 0) is 23.9 Å². The lowest BCUT2D eigenvalue weighted by Gasteiger charge is -2.17. The maximum Gasteiger partial charge on any atom is 0.258 e. The Kier molecular flexibility index (Phi) is 4.92. The molecule has 154 valence electrons. The smallest absolute Gasteiger partial charge is 0.258 e. The van der Waals surface area contributed by atoms with E-state index in [1.165, 1.54) is 0 Å². The molecule has 0 radical (unpaired) electrons. The second kappa shape index (κ2) is 8.02. The van der Waals surface area contributed by atoms with Crippen molar-refractivity contribution in [3.63, 3.8) is 0 Å².